The first-order valence-electron chi connectivity index (χ1n) is 5.05. The Morgan fingerprint density at radius 2 is 2.19 bits per heavy atom. The predicted molar refractivity (Wildman–Crippen MR) is 57.8 cm³/mol. The van der Waals surface area contributed by atoms with Crippen LogP contribution in [0.3, 0.4) is 0 Å². The lowest BCUT2D eigenvalue weighted by Crippen LogP contribution is -2.29. The van der Waals surface area contributed by atoms with Crippen LogP contribution >= 0.6 is 0 Å². The Morgan fingerprint density at radius 1 is 1.50 bits per heavy atom. The summed E-state index contributed by atoms with van der Waals surface area (Å²) in [5.74, 6) is -2.82. The molecule has 0 radical (unpaired) electrons. The Bertz CT molecular complexity index is 378. The van der Waals surface area contributed by atoms with Gasteiger partial charge in [0, 0.05) is 6.54 Å². The molecule has 5 heteroatoms. The Labute approximate surface area is 92.6 Å². The monoisotopic (exact) mass is 228 g/mol. The maximum atomic E-state index is 13.2. The van der Waals surface area contributed by atoms with E-state index >= 15 is 0 Å². The molecular weight excluding hydrogens is 214 g/mol. The minimum absolute atomic E-state index is 0.156. The summed E-state index contributed by atoms with van der Waals surface area (Å²) in [7, 11) is 0. The number of benzene rings is 1. The number of hydrogen-bond donors (Lipinski definition) is 2. The maximum Gasteiger partial charge on any atom is 0.228 e. The second-order valence-corrected chi connectivity index (χ2v) is 3.43. The lowest BCUT2D eigenvalue weighted by molar-refractivity contribution is -0.119. The molecule has 1 aromatic carbocycles. The van der Waals surface area contributed by atoms with Crippen molar-refractivity contribution in [2.24, 2.45) is 11.7 Å². The first kappa shape index (κ1) is 12.6. The summed E-state index contributed by atoms with van der Waals surface area (Å²) in [5.41, 5.74) is 5.22. The molecule has 1 atom stereocenters. The number of carbonyl (C=O) groups excluding carboxylic acids is 1. The van der Waals surface area contributed by atoms with E-state index in [0.717, 1.165) is 6.07 Å². The van der Waals surface area contributed by atoms with Crippen LogP contribution in [0.1, 0.15) is 13.3 Å². The van der Waals surface area contributed by atoms with Gasteiger partial charge < -0.3 is 11.1 Å². The highest BCUT2D eigenvalue weighted by atomic mass is 19.2. The zero-order valence-electron chi connectivity index (χ0n) is 8.97. The Morgan fingerprint density at radius 3 is 2.75 bits per heavy atom. The molecule has 0 aromatic heterocycles. The molecule has 0 aliphatic rings. The first-order chi connectivity index (χ1) is 7.60. The third-order valence-corrected chi connectivity index (χ3v) is 2.36. The van der Waals surface area contributed by atoms with Gasteiger partial charge in [0.15, 0.2) is 11.6 Å². The van der Waals surface area contributed by atoms with Crippen molar-refractivity contribution in [2.45, 2.75) is 13.3 Å². The minimum atomic E-state index is -1.05. The molecule has 3 nitrogen and oxygen atoms in total. The summed E-state index contributed by atoms with van der Waals surface area (Å²) >= 11 is 0. The average molecular weight is 228 g/mol. The molecule has 0 fully saturated rings. The molecule has 1 aromatic rings. The second-order valence-electron chi connectivity index (χ2n) is 3.43. The highest BCUT2D eigenvalue weighted by Gasteiger charge is 2.17. The number of carbonyl (C=O) groups is 1. The molecule has 0 bridgehead atoms. The predicted octanol–water partition coefficient (Wildman–Crippen LogP) is 1.89. The van der Waals surface area contributed by atoms with Crippen LogP contribution in [0.5, 0.6) is 0 Å². The third kappa shape index (κ3) is 2.76. The van der Waals surface area contributed by atoms with E-state index in [1.165, 1.54) is 12.1 Å². The van der Waals surface area contributed by atoms with E-state index in [0.29, 0.717) is 6.42 Å². The van der Waals surface area contributed by atoms with Crippen molar-refractivity contribution in [1.82, 2.24) is 0 Å². The van der Waals surface area contributed by atoms with Gasteiger partial charge in [-0.1, -0.05) is 13.0 Å². The number of anilines is 1. The molecule has 0 aliphatic carbocycles. The van der Waals surface area contributed by atoms with E-state index in [1.54, 1.807) is 6.92 Å². The van der Waals surface area contributed by atoms with Gasteiger partial charge in [-0.05, 0) is 18.6 Å². The fourth-order valence-electron chi connectivity index (χ4n) is 1.29. The van der Waals surface area contributed by atoms with Crippen LogP contribution in [0, 0.1) is 17.6 Å². The maximum absolute atomic E-state index is 13.2. The van der Waals surface area contributed by atoms with Crippen molar-refractivity contribution in [3.63, 3.8) is 0 Å². The summed E-state index contributed by atoms with van der Waals surface area (Å²) in [6, 6.07) is 3.63. The van der Waals surface area contributed by atoms with Gasteiger partial charge in [-0.2, -0.15) is 0 Å². The summed E-state index contributed by atoms with van der Waals surface area (Å²) in [5, 5.41) is 2.32. The van der Waals surface area contributed by atoms with Gasteiger partial charge >= 0.3 is 0 Å². The van der Waals surface area contributed by atoms with E-state index < -0.39 is 17.5 Å². The molecular formula is C11H14F2N2O. The van der Waals surface area contributed by atoms with Gasteiger partial charge in [0.2, 0.25) is 5.91 Å². The summed E-state index contributed by atoms with van der Waals surface area (Å²) < 4.78 is 26.1. The van der Waals surface area contributed by atoms with Crippen LogP contribution in [-0.2, 0) is 4.79 Å². The number of halogens is 2. The van der Waals surface area contributed by atoms with Crippen molar-refractivity contribution in [3.8, 4) is 0 Å². The fraction of sp³-hybridized carbons (Fsp3) is 0.364. The summed E-state index contributed by atoms with van der Waals surface area (Å²) in [4.78, 5) is 11.6. The van der Waals surface area contributed by atoms with Crippen LogP contribution in [0.2, 0.25) is 0 Å². The van der Waals surface area contributed by atoms with E-state index in [-0.39, 0.29) is 18.2 Å². The number of hydrogen-bond acceptors (Lipinski definition) is 2. The molecule has 3 N–H and O–H groups in total. The van der Waals surface area contributed by atoms with Crippen LogP contribution in [-0.4, -0.2) is 12.5 Å². The van der Waals surface area contributed by atoms with Crippen LogP contribution in [0.25, 0.3) is 0 Å². The second kappa shape index (κ2) is 5.55. The molecule has 16 heavy (non-hydrogen) atoms. The van der Waals surface area contributed by atoms with Gasteiger partial charge in [-0.25, -0.2) is 8.78 Å². The van der Waals surface area contributed by atoms with Crippen molar-refractivity contribution < 1.29 is 13.6 Å². The van der Waals surface area contributed by atoms with Crippen LogP contribution in [0.15, 0.2) is 18.2 Å². The van der Waals surface area contributed by atoms with Gasteiger partial charge in [0.1, 0.15) is 0 Å². The van der Waals surface area contributed by atoms with E-state index in [2.05, 4.69) is 5.32 Å². The van der Waals surface area contributed by atoms with Crippen molar-refractivity contribution in [1.29, 1.82) is 0 Å². The van der Waals surface area contributed by atoms with E-state index in [9.17, 15) is 13.6 Å². The minimum Gasteiger partial charge on any atom is -0.330 e. The molecule has 0 aliphatic heterocycles. The Kier molecular flexibility index (Phi) is 4.37. The fourth-order valence-corrected chi connectivity index (χ4v) is 1.29. The lowest BCUT2D eigenvalue weighted by Gasteiger charge is -2.13. The van der Waals surface area contributed by atoms with Crippen molar-refractivity contribution in [3.05, 3.63) is 29.8 Å². The molecule has 0 spiro atoms. The molecule has 1 unspecified atom stereocenters. The van der Waals surface area contributed by atoms with E-state index in [1.807, 2.05) is 0 Å². The molecule has 0 saturated heterocycles. The molecule has 1 amide bonds. The topological polar surface area (TPSA) is 55.1 Å². The van der Waals surface area contributed by atoms with Crippen molar-refractivity contribution >= 4 is 11.6 Å². The number of amides is 1. The third-order valence-electron chi connectivity index (χ3n) is 2.36. The quantitative estimate of drug-likeness (QED) is 0.826. The molecule has 0 heterocycles. The van der Waals surface area contributed by atoms with Crippen molar-refractivity contribution in [2.75, 3.05) is 11.9 Å². The number of nitrogens with one attached hydrogen (secondary N) is 1. The molecule has 0 saturated carbocycles. The smallest absolute Gasteiger partial charge is 0.228 e. The van der Waals surface area contributed by atoms with Crippen LogP contribution < -0.4 is 11.1 Å². The highest BCUT2D eigenvalue weighted by molar-refractivity contribution is 5.92. The van der Waals surface area contributed by atoms with Gasteiger partial charge in [-0.15, -0.1) is 0 Å². The molecule has 1 rings (SSSR count). The zero-order chi connectivity index (χ0) is 12.1. The highest BCUT2D eigenvalue weighted by Crippen LogP contribution is 2.17. The van der Waals surface area contributed by atoms with Gasteiger partial charge in [0.05, 0.1) is 11.6 Å². The van der Waals surface area contributed by atoms with Gasteiger partial charge in [0.25, 0.3) is 0 Å². The van der Waals surface area contributed by atoms with Crippen LogP contribution in [0.4, 0.5) is 14.5 Å². The summed E-state index contributed by atoms with van der Waals surface area (Å²) in [6.07, 6.45) is 0.555. The average Bonchev–Trinajstić information content (AvgIpc) is 2.26. The lowest BCUT2D eigenvalue weighted by atomic mass is 10.1. The zero-order valence-corrected chi connectivity index (χ0v) is 8.97. The molecule has 88 valence electrons. The first-order valence-corrected chi connectivity index (χ1v) is 5.05. The Hall–Kier alpha value is -1.49. The number of nitrogens with two attached hydrogens (primary N) is 1. The largest absolute Gasteiger partial charge is 0.330 e. The SMILES string of the molecule is CCC(CN)C(=O)Nc1cccc(F)c1F. The summed E-state index contributed by atoms with van der Waals surface area (Å²) in [6.45, 7) is 1.98. The standard InChI is InChI=1S/C11H14F2N2O/c1-2-7(6-14)11(16)15-9-5-3-4-8(12)10(9)13/h3-5,7H,2,6,14H2,1H3,(H,15,16). The Balaban J connectivity index is 2.80. The van der Waals surface area contributed by atoms with Gasteiger partial charge in [-0.3, -0.25) is 4.79 Å². The number of rotatable bonds is 4. The van der Waals surface area contributed by atoms with E-state index in [4.69, 9.17) is 5.73 Å². The normalized spacial score (nSPS) is 12.2.